The maximum atomic E-state index is 11.7. The van der Waals surface area contributed by atoms with Gasteiger partial charge in [0.2, 0.25) is 5.91 Å². The van der Waals surface area contributed by atoms with Crippen molar-refractivity contribution in [3.63, 3.8) is 0 Å². The van der Waals surface area contributed by atoms with Crippen LogP contribution in [0, 0.1) is 0 Å². The Labute approximate surface area is 175 Å². The number of rotatable bonds is 9. The first-order chi connectivity index (χ1) is 11.9. The highest BCUT2D eigenvalue weighted by molar-refractivity contribution is 14.0. The molecule has 26 heavy (non-hydrogen) atoms. The first kappa shape index (κ1) is 24.7. The first-order valence-electron chi connectivity index (χ1n) is 9.17. The topological polar surface area (TPSA) is 74.6 Å². The monoisotopic (exact) mass is 478 g/mol. The smallest absolute Gasteiger partial charge is 0.221 e. The molecular weight excluding hydrogens is 443 g/mol. The Bertz CT molecular complexity index is 570. The van der Waals surface area contributed by atoms with Crippen LogP contribution in [-0.2, 0) is 18.4 Å². The van der Waals surface area contributed by atoms with E-state index in [1.54, 1.807) is 0 Å². The third-order valence-electron chi connectivity index (χ3n) is 3.76. The van der Waals surface area contributed by atoms with Gasteiger partial charge in [-0.15, -0.1) is 24.0 Å². The van der Waals surface area contributed by atoms with Gasteiger partial charge in [-0.2, -0.15) is 5.10 Å². The third-order valence-corrected chi connectivity index (χ3v) is 3.76. The molecule has 7 nitrogen and oxygen atoms in total. The average Bonchev–Trinajstić information content (AvgIpc) is 2.92. The van der Waals surface area contributed by atoms with E-state index in [0.29, 0.717) is 18.9 Å². The molecule has 0 aromatic carbocycles. The number of carbonyl (C=O) groups is 1. The molecule has 0 saturated carbocycles. The summed E-state index contributed by atoms with van der Waals surface area (Å²) < 4.78 is 1.86. The molecule has 2 N–H and O–H groups in total. The molecule has 8 heteroatoms. The van der Waals surface area contributed by atoms with E-state index in [9.17, 15) is 4.79 Å². The van der Waals surface area contributed by atoms with E-state index in [4.69, 9.17) is 0 Å². The number of nitrogens with one attached hydrogen (secondary N) is 2. The van der Waals surface area contributed by atoms with Crippen molar-refractivity contribution in [1.29, 1.82) is 0 Å². The molecule has 0 atom stereocenters. The Balaban J connectivity index is 0.00000625. The molecule has 0 fully saturated rings. The molecule has 0 radical (unpaired) electrons. The van der Waals surface area contributed by atoms with Crippen molar-refractivity contribution in [2.24, 2.45) is 12.0 Å². The lowest BCUT2D eigenvalue weighted by molar-refractivity contribution is -0.120. The molecule has 0 aliphatic rings. The first-order valence-corrected chi connectivity index (χ1v) is 9.17. The van der Waals surface area contributed by atoms with Crippen LogP contribution in [0.25, 0.3) is 0 Å². The van der Waals surface area contributed by atoms with Crippen molar-refractivity contribution in [2.75, 3.05) is 26.7 Å². The summed E-state index contributed by atoms with van der Waals surface area (Å²) in [7, 11) is 3.96. The van der Waals surface area contributed by atoms with Crippen molar-refractivity contribution in [1.82, 2.24) is 25.3 Å². The lowest BCUT2D eigenvalue weighted by atomic mass is 10.1. The van der Waals surface area contributed by atoms with Crippen LogP contribution in [0.1, 0.15) is 57.7 Å². The third kappa shape index (κ3) is 8.37. The molecule has 0 unspecified atom stereocenters. The average molecular weight is 478 g/mol. The van der Waals surface area contributed by atoms with Crippen molar-refractivity contribution in [3.8, 4) is 0 Å². The molecule has 1 rings (SSSR count). The van der Waals surface area contributed by atoms with E-state index >= 15 is 0 Å². The minimum atomic E-state index is 0. The molecule has 0 aliphatic heterocycles. The fourth-order valence-corrected chi connectivity index (χ4v) is 2.58. The number of guanidine groups is 1. The summed E-state index contributed by atoms with van der Waals surface area (Å²) in [5, 5.41) is 10.7. The van der Waals surface area contributed by atoms with E-state index in [0.717, 1.165) is 37.7 Å². The Morgan fingerprint density at radius 2 is 2.04 bits per heavy atom. The van der Waals surface area contributed by atoms with Crippen molar-refractivity contribution in [2.45, 2.75) is 53.0 Å². The summed E-state index contributed by atoms with van der Waals surface area (Å²) in [6, 6.07) is 0. The second kappa shape index (κ2) is 12.9. The molecule has 0 aliphatic carbocycles. The lowest BCUT2D eigenvalue weighted by Crippen LogP contribution is -2.39. The van der Waals surface area contributed by atoms with Gasteiger partial charge in [-0.25, -0.2) is 0 Å². The Hall–Kier alpha value is -1.32. The van der Waals surface area contributed by atoms with Gasteiger partial charge in [-0.3, -0.25) is 14.5 Å². The minimum Gasteiger partial charge on any atom is -0.357 e. The highest BCUT2D eigenvalue weighted by Gasteiger charge is 2.15. The SMILES string of the molecule is CCCNC(=O)CCN=C(NCC)N(C)Cc1cn(C)nc1C(C)C.I. The molecule has 0 spiro atoms. The number of aryl methyl sites for hydroxylation is 1. The summed E-state index contributed by atoms with van der Waals surface area (Å²) in [4.78, 5) is 18.4. The fourth-order valence-electron chi connectivity index (χ4n) is 2.58. The zero-order valence-electron chi connectivity index (χ0n) is 17.0. The predicted octanol–water partition coefficient (Wildman–Crippen LogP) is 2.48. The number of hydrogen-bond donors (Lipinski definition) is 2. The normalized spacial score (nSPS) is 11.3. The van der Waals surface area contributed by atoms with Gasteiger partial charge < -0.3 is 15.5 Å². The van der Waals surface area contributed by atoms with Gasteiger partial charge in [0.1, 0.15) is 0 Å². The van der Waals surface area contributed by atoms with Gasteiger partial charge in [0.05, 0.1) is 12.2 Å². The molecule has 0 saturated heterocycles. The van der Waals surface area contributed by atoms with E-state index < -0.39 is 0 Å². The number of nitrogens with zero attached hydrogens (tertiary/aromatic N) is 4. The van der Waals surface area contributed by atoms with Crippen molar-refractivity contribution >= 4 is 35.8 Å². The fraction of sp³-hybridized carbons (Fsp3) is 0.722. The van der Waals surface area contributed by atoms with Crippen LogP contribution in [-0.4, -0.2) is 53.2 Å². The molecule has 0 bridgehead atoms. The highest BCUT2D eigenvalue weighted by Crippen LogP contribution is 2.18. The Morgan fingerprint density at radius 3 is 2.62 bits per heavy atom. The zero-order chi connectivity index (χ0) is 18.8. The minimum absolute atomic E-state index is 0. The maximum absolute atomic E-state index is 11.7. The van der Waals surface area contributed by atoms with Crippen LogP contribution < -0.4 is 10.6 Å². The van der Waals surface area contributed by atoms with Crippen LogP contribution in [0.3, 0.4) is 0 Å². The van der Waals surface area contributed by atoms with Crippen molar-refractivity contribution < 1.29 is 4.79 Å². The molecule has 1 aromatic rings. The second-order valence-electron chi connectivity index (χ2n) is 6.56. The summed E-state index contributed by atoms with van der Waals surface area (Å²) in [5.74, 6) is 1.24. The summed E-state index contributed by atoms with van der Waals surface area (Å²) in [6.45, 7) is 11.1. The number of carbonyl (C=O) groups excluding carboxylic acids is 1. The molecule has 150 valence electrons. The number of aromatic nitrogens is 2. The predicted molar refractivity (Wildman–Crippen MR) is 118 cm³/mol. The molecule has 1 aromatic heterocycles. The van der Waals surface area contributed by atoms with Crippen LogP contribution in [0.15, 0.2) is 11.2 Å². The largest absolute Gasteiger partial charge is 0.357 e. The van der Waals surface area contributed by atoms with Gasteiger partial charge in [0.15, 0.2) is 5.96 Å². The van der Waals surface area contributed by atoms with Gasteiger partial charge >= 0.3 is 0 Å². The van der Waals surface area contributed by atoms with Crippen LogP contribution in [0.4, 0.5) is 0 Å². The number of halogens is 1. The van der Waals surface area contributed by atoms with Gasteiger partial charge in [0.25, 0.3) is 0 Å². The van der Waals surface area contributed by atoms with E-state index in [-0.39, 0.29) is 29.9 Å². The van der Waals surface area contributed by atoms with Gasteiger partial charge in [-0.1, -0.05) is 20.8 Å². The maximum Gasteiger partial charge on any atom is 0.221 e. The lowest BCUT2D eigenvalue weighted by Gasteiger charge is -2.22. The number of aliphatic imine (C=N–C) groups is 1. The standard InChI is InChI=1S/C18H34N6O.HI/c1-7-10-20-16(25)9-11-21-18(19-8-2)23(5)12-15-13-24(6)22-17(15)14(3)4;/h13-14H,7-12H2,1-6H3,(H,19,21)(H,20,25);1H. The van der Waals surface area contributed by atoms with Gasteiger partial charge in [-0.05, 0) is 19.3 Å². The van der Waals surface area contributed by atoms with Crippen LogP contribution in [0.2, 0.25) is 0 Å². The van der Waals surface area contributed by atoms with E-state index in [1.165, 1.54) is 5.56 Å². The summed E-state index contributed by atoms with van der Waals surface area (Å²) >= 11 is 0. The van der Waals surface area contributed by atoms with Crippen LogP contribution >= 0.6 is 24.0 Å². The molecule has 1 amide bonds. The summed E-state index contributed by atoms with van der Waals surface area (Å²) in [5.41, 5.74) is 2.32. The quantitative estimate of drug-likeness (QED) is 0.325. The van der Waals surface area contributed by atoms with Crippen LogP contribution in [0.5, 0.6) is 0 Å². The summed E-state index contributed by atoms with van der Waals surface area (Å²) in [6.07, 6.45) is 3.42. The Kier molecular flexibility index (Phi) is 12.3. The second-order valence-corrected chi connectivity index (χ2v) is 6.56. The highest BCUT2D eigenvalue weighted by atomic mass is 127. The zero-order valence-corrected chi connectivity index (χ0v) is 19.3. The molecule has 1 heterocycles. The van der Waals surface area contributed by atoms with Gasteiger partial charge in [0, 0.05) is 51.9 Å². The van der Waals surface area contributed by atoms with E-state index in [1.807, 2.05) is 32.6 Å². The Morgan fingerprint density at radius 1 is 1.35 bits per heavy atom. The number of hydrogen-bond acceptors (Lipinski definition) is 3. The number of amides is 1. The molecular formula is C18H35IN6O. The van der Waals surface area contributed by atoms with Crippen molar-refractivity contribution in [3.05, 3.63) is 17.5 Å². The van der Waals surface area contributed by atoms with E-state index in [2.05, 4.69) is 45.7 Å².